The summed E-state index contributed by atoms with van der Waals surface area (Å²) in [5, 5.41) is 28.3. The number of aliphatic hydroxyl groups is 1. The molecule has 3 rings (SSSR count). The molecule has 0 aliphatic carbocycles. The number of nitrogens with zero attached hydrogens (tertiary/aromatic N) is 3. The Kier molecular flexibility index (Phi) is 6.12. The van der Waals surface area contributed by atoms with Crippen LogP contribution in [-0.4, -0.2) is 27.1 Å². The lowest BCUT2D eigenvalue weighted by molar-refractivity contribution is -0.112. The Bertz CT molecular complexity index is 1200. The van der Waals surface area contributed by atoms with Crippen molar-refractivity contribution in [3.05, 3.63) is 76.4 Å². The molecule has 9 nitrogen and oxygen atoms in total. The Morgan fingerprint density at radius 1 is 1.06 bits per heavy atom. The summed E-state index contributed by atoms with van der Waals surface area (Å²) in [6.45, 7) is 5.33. The number of benzene rings is 1. The molecule has 2 heterocycles. The van der Waals surface area contributed by atoms with Crippen LogP contribution in [0.25, 0.3) is 5.76 Å². The van der Waals surface area contributed by atoms with Gasteiger partial charge in [0, 0.05) is 5.69 Å². The third-order valence-corrected chi connectivity index (χ3v) is 4.56. The third kappa shape index (κ3) is 4.59. The minimum Gasteiger partial charge on any atom is -0.506 e. The van der Waals surface area contributed by atoms with Crippen LogP contribution in [0.5, 0.6) is 0 Å². The zero-order valence-electron chi connectivity index (χ0n) is 17.1. The molecule has 0 saturated heterocycles. The van der Waals surface area contributed by atoms with Crippen LogP contribution in [0.15, 0.2) is 52.8 Å². The highest BCUT2D eigenvalue weighted by Gasteiger charge is 2.20. The average molecular weight is 417 g/mol. The summed E-state index contributed by atoms with van der Waals surface area (Å²) in [4.78, 5) is 29.0. The van der Waals surface area contributed by atoms with Crippen molar-refractivity contribution in [1.29, 1.82) is 5.26 Å². The van der Waals surface area contributed by atoms with Crippen molar-refractivity contribution in [2.75, 3.05) is 10.6 Å². The lowest BCUT2D eigenvalue weighted by atomic mass is 10.1. The van der Waals surface area contributed by atoms with Crippen LogP contribution >= 0.6 is 0 Å². The van der Waals surface area contributed by atoms with E-state index in [-0.39, 0.29) is 22.7 Å². The second-order valence-electron chi connectivity index (χ2n) is 6.74. The molecule has 0 saturated carbocycles. The molecule has 0 atom stereocenters. The smallest absolute Gasteiger partial charge is 0.274 e. The Balaban J connectivity index is 1.74. The highest BCUT2D eigenvalue weighted by Crippen LogP contribution is 2.22. The predicted octanol–water partition coefficient (Wildman–Crippen LogP) is 3.68. The molecule has 3 N–H and O–H groups in total. The Morgan fingerprint density at radius 2 is 1.77 bits per heavy atom. The maximum absolute atomic E-state index is 12.5. The zero-order chi connectivity index (χ0) is 22.5. The van der Waals surface area contributed by atoms with E-state index in [1.165, 1.54) is 31.5 Å². The van der Waals surface area contributed by atoms with Crippen LogP contribution in [-0.2, 0) is 4.79 Å². The third-order valence-electron chi connectivity index (χ3n) is 4.56. The van der Waals surface area contributed by atoms with E-state index in [1.807, 2.05) is 32.0 Å². The van der Waals surface area contributed by atoms with Gasteiger partial charge in [0.15, 0.2) is 11.3 Å². The van der Waals surface area contributed by atoms with E-state index < -0.39 is 23.1 Å². The predicted molar refractivity (Wildman–Crippen MR) is 113 cm³/mol. The summed E-state index contributed by atoms with van der Waals surface area (Å²) in [7, 11) is 0. The number of anilines is 2. The minimum atomic E-state index is -0.838. The molecule has 0 fully saturated rings. The number of hydrogen-bond donors (Lipinski definition) is 3. The van der Waals surface area contributed by atoms with Gasteiger partial charge in [-0.3, -0.25) is 9.59 Å². The van der Waals surface area contributed by atoms with Gasteiger partial charge in [-0.25, -0.2) is 4.98 Å². The number of carbonyl (C=O) groups excluding carboxylic acids is 2. The SMILES string of the molecule is Cc1cccc(C)c1NC(=O)c1ccc(NC(=O)C(C#N)=C(O)c2cnoc2C)cn1. The Hall–Kier alpha value is -4.45. The molecule has 2 aromatic heterocycles. The number of pyridine rings is 1. The fraction of sp³-hybridized carbons (Fsp3) is 0.136. The molecule has 0 spiro atoms. The zero-order valence-corrected chi connectivity index (χ0v) is 17.1. The first-order chi connectivity index (χ1) is 14.8. The summed E-state index contributed by atoms with van der Waals surface area (Å²) >= 11 is 0. The average Bonchev–Trinajstić information content (AvgIpc) is 3.17. The number of aromatic nitrogens is 2. The monoisotopic (exact) mass is 417 g/mol. The van der Waals surface area contributed by atoms with Crippen LogP contribution in [0.1, 0.15) is 32.9 Å². The largest absolute Gasteiger partial charge is 0.506 e. The molecule has 0 radical (unpaired) electrons. The number of amides is 2. The second kappa shape index (κ2) is 8.92. The fourth-order valence-electron chi connectivity index (χ4n) is 2.86. The van der Waals surface area contributed by atoms with Gasteiger partial charge in [-0.1, -0.05) is 23.4 Å². The molecule has 0 unspecified atom stereocenters. The fourth-order valence-corrected chi connectivity index (χ4v) is 2.86. The first-order valence-electron chi connectivity index (χ1n) is 9.21. The van der Waals surface area contributed by atoms with E-state index in [4.69, 9.17) is 4.52 Å². The van der Waals surface area contributed by atoms with Gasteiger partial charge >= 0.3 is 0 Å². The molecule has 2 amide bonds. The highest BCUT2D eigenvalue weighted by molar-refractivity contribution is 6.11. The number of nitriles is 1. The number of hydrogen-bond acceptors (Lipinski definition) is 7. The molecule has 9 heteroatoms. The Labute approximate surface area is 178 Å². The summed E-state index contributed by atoms with van der Waals surface area (Å²) in [6.07, 6.45) is 2.49. The van der Waals surface area contributed by atoms with Crippen molar-refractivity contribution < 1.29 is 19.2 Å². The normalized spacial score (nSPS) is 11.3. The topological polar surface area (TPSA) is 141 Å². The Morgan fingerprint density at radius 3 is 2.32 bits per heavy atom. The van der Waals surface area contributed by atoms with Gasteiger partial charge in [0.2, 0.25) is 0 Å². The van der Waals surface area contributed by atoms with Crippen molar-refractivity contribution >= 4 is 28.9 Å². The van der Waals surface area contributed by atoms with Crippen molar-refractivity contribution in [1.82, 2.24) is 10.1 Å². The molecule has 0 aliphatic heterocycles. The maximum Gasteiger partial charge on any atom is 0.274 e. The van der Waals surface area contributed by atoms with Gasteiger partial charge in [0.25, 0.3) is 11.8 Å². The number of nitrogens with one attached hydrogen (secondary N) is 2. The van der Waals surface area contributed by atoms with Crippen molar-refractivity contribution in [2.45, 2.75) is 20.8 Å². The van der Waals surface area contributed by atoms with Crippen molar-refractivity contribution in [3.63, 3.8) is 0 Å². The van der Waals surface area contributed by atoms with Gasteiger partial charge in [0.1, 0.15) is 17.5 Å². The summed E-state index contributed by atoms with van der Waals surface area (Å²) < 4.78 is 4.84. The van der Waals surface area contributed by atoms with E-state index in [9.17, 15) is 20.0 Å². The number of para-hydroxylation sites is 1. The van der Waals surface area contributed by atoms with E-state index in [1.54, 1.807) is 6.07 Å². The number of rotatable bonds is 5. The van der Waals surface area contributed by atoms with Crippen LogP contribution in [0.2, 0.25) is 0 Å². The second-order valence-corrected chi connectivity index (χ2v) is 6.74. The van der Waals surface area contributed by atoms with E-state index in [2.05, 4.69) is 20.8 Å². The van der Waals surface area contributed by atoms with Crippen LogP contribution < -0.4 is 10.6 Å². The lowest BCUT2D eigenvalue weighted by Crippen LogP contribution is -2.17. The van der Waals surface area contributed by atoms with Gasteiger partial charge < -0.3 is 20.3 Å². The van der Waals surface area contributed by atoms with Crippen LogP contribution in [0.3, 0.4) is 0 Å². The van der Waals surface area contributed by atoms with Gasteiger partial charge in [-0.2, -0.15) is 5.26 Å². The van der Waals surface area contributed by atoms with E-state index in [0.29, 0.717) is 0 Å². The quantitative estimate of drug-likeness (QED) is 0.327. The van der Waals surface area contributed by atoms with Gasteiger partial charge in [-0.05, 0) is 44.0 Å². The molecule has 1 aromatic carbocycles. The first kappa shape index (κ1) is 21.3. The number of carbonyl (C=O) groups is 2. The number of aryl methyl sites for hydroxylation is 3. The molecular formula is C22H19N5O4. The molecule has 0 aliphatic rings. The molecule has 156 valence electrons. The number of aliphatic hydroxyl groups excluding tert-OH is 1. The first-order valence-corrected chi connectivity index (χ1v) is 9.21. The minimum absolute atomic E-state index is 0.142. The molecule has 31 heavy (non-hydrogen) atoms. The molecule has 3 aromatic rings. The van der Waals surface area contributed by atoms with Crippen molar-refractivity contribution in [3.8, 4) is 6.07 Å². The summed E-state index contributed by atoms with van der Waals surface area (Å²) in [5.74, 6) is -1.51. The molecular weight excluding hydrogens is 398 g/mol. The van der Waals surface area contributed by atoms with Crippen LogP contribution in [0.4, 0.5) is 11.4 Å². The van der Waals surface area contributed by atoms with Gasteiger partial charge in [0.05, 0.1) is 23.6 Å². The lowest BCUT2D eigenvalue weighted by Gasteiger charge is -2.11. The van der Waals surface area contributed by atoms with E-state index in [0.717, 1.165) is 16.8 Å². The standard InChI is InChI=1S/C22H19N5O4/c1-12-5-4-6-13(2)19(12)27-22(30)18-8-7-15(10-24-18)26-21(29)16(9-23)20(28)17-11-25-31-14(17)3/h4-8,10-11,28H,1-3H3,(H,26,29)(H,27,30). The summed E-state index contributed by atoms with van der Waals surface area (Å²) in [6, 6.07) is 10.3. The maximum atomic E-state index is 12.5. The van der Waals surface area contributed by atoms with Gasteiger partial charge in [-0.15, -0.1) is 0 Å². The summed E-state index contributed by atoms with van der Waals surface area (Å²) in [5.41, 5.74) is 2.60. The van der Waals surface area contributed by atoms with Crippen LogP contribution in [0, 0.1) is 32.1 Å². The van der Waals surface area contributed by atoms with E-state index >= 15 is 0 Å². The highest BCUT2D eigenvalue weighted by atomic mass is 16.5. The molecule has 0 bridgehead atoms. The van der Waals surface area contributed by atoms with Crippen molar-refractivity contribution in [2.24, 2.45) is 0 Å².